The average molecular weight is 456 g/mol. The summed E-state index contributed by atoms with van der Waals surface area (Å²) in [5.41, 5.74) is 0. The zero-order chi connectivity index (χ0) is 22.6. The molecule has 8 heteroatoms. The van der Waals surface area contributed by atoms with Crippen LogP contribution in [-0.2, 0) is 4.79 Å². The first-order chi connectivity index (χ1) is 16.1. The lowest BCUT2D eigenvalue weighted by Crippen LogP contribution is -2.54. The highest BCUT2D eigenvalue weighted by Gasteiger charge is 2.29. The van der Waals surface area contributed by atoms with Crippen molar-refractivity contribution in [3.05, 3.63) is 12.4 Å². The van der Waals surface area contributed by atoms with E-state index in [2.05, 4.69) is 48.0 Å². The van der Waals surface area contributed by atoms with Gasteiger partial charge < -0.3 is 20.0 Å². The van der Waals surface area contributed by atoms with Crippen LogP contribution in [0.4, 0.5) is 11.6 Å². The summed E-state index contributed by atoms with van der Waals surface area (Å²) in [7, 11) is 2.22. The Morgan fingerprint density at radius 3 is 2.55 bits per heavy atom. The topological polar surface area (TPSA) is 67.8 Å². The van der Waals surface area contributed by atoms with Gasteiger partial charge in [-0.1, -0.05) is 0 Å². The van der Waals surface area contributed by atoms with Crippen molar-refractivity contribution in [2.45, 2.75) is 63.5 Å². The second kappa shape index (κ2) is 10.6. The van der Waals surface area contributed by atoms with Gasteiger partial charge in [0, 0.05) is 63.8 Å². The molecule has 3 saturated heterocycles. The van der Waals surface area contributed by atoms with Gasteiger partial charge >= 0.3 is 0 Å². The summed E-state index contributed by atoms with van der Waals surface area (Å²) < 4.78 is 0. The number of likely N-dealkylation sites (tertiary alicyclic amines) is 1. The molecule has 182 valence electrons. The number of amides is 1. The zero-order valence-electron chi connectivity index (χ0n) is 20.3. The lowest BCUT2D eigenvalue weighted by atomic mass is 9.93. The molecular formula is C25H41N7O. The summed E-state index contributed by atoms with van der Waals surface area (Å²) >= 11 is 0. The third-order valence-electron chi connectivity index (χ3n) is 8.06. The summed E-state index contributed by atoms with van der Waals surface area (Å²) in [6, 6.07) is 3.41. The van der Waals surface area contributed by atoms with Crippen molar-refractivity contribution in [3.63, 3.8) is 0 Å². The monoisotopic (exact) mass is 455 g/mol. The normalized spacial score (nSPS) is 25.9. The maximum absolute atomic E-state index is 12.9. The number of carbonyl (C=O) groups excluding carboxylic acids is 1. The summed E-state index contributed by atoms with van der Waals surface area (Å²) in [4.78, 5) is 31.4. The van der Waals surface area contributed by atoms with E-state index < -0.39 is 0 Å². The van der Waals surface area contributed by atoms with E-state index in [4.69, 9.17) is 0 Å². The number of hydrogen-bond acceptors (Lipinski definition) is 7. The minimum atomic E-state index is 0.355. The SMILES string of the molecule is CN1CCC(N2CCN(C(=O)CCC3CCCN(c4cc(NC5CC5)ncn4)C3)CC2)CC1. The van der Waals surface area contributed by atoms with Crippen molar-refractivity contribution in [3.8, 4) is 0 Å². The van der Waals surface area contributed by atoms with Crippen LogP contribution >= 0.6 is 0 Å². The number of carbonyl (C=O) groups is 1. The van der Waals surface area contributed by atoms with Crippen molar-refractivity contribution >= 4 is 17.5 Å². The first-order valence-electron chi connectivity index (χ1n) is 13.2. The molecule has 3 aliphatic heterocycles. The largest absolute Gasteiger partial charge is 0.367 e. The molecule has 1 atom stereocenters. The third kappa shape index (κ3) is 6.15. The first-order valence-corrected chi connectivity index (χ1v) is 13.2. The Balaban J connectivity index is 1.05. The van der Waals surface area contributed by atoms with Crippen LogP contribution in [0.5, 0.6) is 0 Å². The van der Waals surface area contributed by atoms with Crippen molar-refractivity contribution in [2.24, 2.45) is 5.92 Å². The van der Waals surface area contributed by atoms with E-state index in [0.29, 0.717) is 30.3 Å². The summed E-state index contributed by atoms with van der Waals surface area (Å²) in [6.07, 6.45) is 10.8. The average Bonchev–Trinajstić information content (AvgIpc) is 3.67. The minimum absolute atomic E-state index is 0.355. The molecule has 8 nitrogen and oxygen atoms in total. The summed E-state index contributed by atoms with van der Waals surface area (Å²) in [5, 5.41) is 3.48. The second-order valence-electron chi connectivity index (χ2n) is 10.6. The number of hydrogen-bond donors (Lipinski definition) is 1. The zero-order valence-corrected chi connectivity index (χ0v) is 20.3. The summed E-state index contributed by atoms with van der Waals surface area (Å²) in [5.74, 6) is 2.89. The van der Waals surface area contributed by atoms with Crippen LogP contribution in [-0.4, -0.2) is 102 Å². The molecule has 4 aliphatic rings. The van der Waals surface area contributed by atoms with Gasteiger partial charge in [0.15, 0.2) is 0 Å². The molecule has 0 aromatic carbocycles. The van der Waals surface area contributed by atoms with Gasteiger partial charge in [-0.3, -0.25) is 9.69 Å². The number of piperazine rings is 1. The summed E-state index contributed by atoms with van der Waals surface area (Å²) in [6.45, 7) is 8.34. The van der Waals surface area contributed by atoms with Crippen LogP contribution in [0.2, 0.25) is 0 Å². The quantitative estimate of drug-likeness (QED) is 0.677. The molecule has 0 bridgehead atoms. The number of anilines is 2. The molecule has 1 N–H and O–H groups in total. The van der Waals surface area contributed by atoms with Gasteiger partial charge in [0.2, 0.25) is 5.91 Å². The Morgan fingerprint density at radius 2 is 1.79 bits per heavy atom. The molecule has 33 heavy (non-hydrogen) atoms. The number of rotatable bonds is 7. The fourth-order valence-corrected chi connectivity index (χ4v) is 5.73. The lowest BCUT2D eigenvalue weighted by molar-refractivity contribution is -0.133. The van der Waals surface area contributed by atoms with E-state index in [0.717, 1.165) is 57.3 Å². The molecule has 0 radical (unpaired) electrons. The van der Waals surface area contributed by atoms with Crippen molar-refractivity contribution in [1.29, 1.82) is 0 Å². The molecule has 1 aromatic heterocycles. The van der Waals surface area contributed by atoms with Crippen LogP contribution < -0.4 is 10.2 Å². The highest BCUT2D eigenvalue weighted by molar-refractivity contribution is 5.76. The van der Waals surface area contributed by atoms with E-state index in [1.807, 2.05) is 0 Å². The Hall–Kier alpha value is -1.93. The molecule has 5 rings (SSSR count). The van der Waals surface area contributed by atoms with Crippen LogP contribution in [0.15, 0.2) is 12.4 Å². The number of nitrogens with zero attached hydrogens (tertiary/aromatic N) is 6. The number of nitrogens with one attached hydrogen (secondary N) is 1. The number of piperidine rings is 2. The van der Waals surface area contributed by atoms with E-state index in [1.165, 1.54) is 51.6 Å². The van der Waals surface area contributed by atoms with Crippen LogP contribution in [0.1, 0.15) is 51.4 Å². The molecule has 4 heterocycles. The van der Waals surface area contributed by atoms with Gasteiger partial charge in [-0.15, -0.1) is 0 Å². The number of aromatic nitrogens is 2. The van der Waals surface area contributed by atoms with E-state index in [1.54, 1.807) is 6.33 Å². The van der Waals surface area contributed by atoms with Gasteiger partial charge in [0.1, 0.15) is 18.0 Å². The predicted octanol–water partition coefficient (Wildman–Crippen LogP) is 2.29. The van der Waals surface area contributed by atoms with Crippen LogP contribution in [0, 0.1) is 5.92 Å². The van der Waals surface area contributed by atoms with Crippen molar-refractivity contribution in [2.75, 3.05) is 69.6 Å². The van der Waals surface area contributed by atoms with Gasteiger partial charge in [0.25, 0.3) is 0 Å². The fraction of sp³-hybridized carbons (Fsp3) is 0.800. The third-order valence-corrected chi connectivity index (χ3v) is 8.06. The Labute approximate surface area is 198 Å². The molecule has 4 fully saturated rings. The van der Waals surface area contributed by atoms with Gasteiger partial charge in [-0.25, -0.2) is 9.97 Å². The predicted molar refractivity (Wildman–Crippen MR) is 132 cm³/mol. The minimum Gasteiger partial charge on any atom is -0.367 e. The Bertz CT molecular complexity index is 785. The molecule has 1 amide bonds. The van der Waals surface area contributed by atoms with Crippen LogP contribution in [0.25, 0.3) is 0 Å². The molecule has 1 saturated carbocycles. The molecule has 1 unspecified atom stereocenters. The molecule has 0 spiro atoms. The van der Waals surface area contributed by atoms with Gasteiger partial charge in [0.05, 0.1) is 0 Å². The molecular weight excluding hydrogens is 414 g/mol. The fourth-order valence-electron chi connectivity index (χ4n) is 5.73. The first kappa shape index (κ1) is 22.8. The Morgan fingerprint density at radius 1 is 1.00 bits per heavy atom. The smallest absolute Gasteiger partial charge is 0.222 e. The highest BCUT2D eigenvalue weighted by atomic mass is 16.2. The van der Waals surface area contributed by atoms with Crippen LogP contribution in [0.3, 0.4) is 0 Å². The second-order valence-corrected chi connectivity index (χ2v) is 10.6. The van der Waals surface area contributed by atoms with E-state index in [9.17, 15) is 4.79 Å². The van der Waals surface area contributed by atoms with E-state index >= 15 is 0 Å². The highest BCUT2D eigenvalue weighted by Crippen LogP contribution is 2.28. The maximum Gasteiger partial charge on any atom is 0.222 e. The molecule has 1 aliphatic carbocycles. The Kier molecular flexibility index (Phi) is 7.30. The van der Waals surface area contributed by atoms with Gasteiger partial charge in [-0.05, 0) is 71.0 Å². The van der Waals surface area contributed by atoms with Gasteiger partial charge in [-0.2, -0.15) is 0 Å². The van der Waals surface area contributed by atoms with Crippen molar-refractivity contribution in [1.82, 2.24) is 24.7 Å². The molecule has 1 aromatic rings. The lowest BCUT2D eigenvalue weighted by Gasteiger charge is -2.42. The standard InChI is InChI=1S/C25H41N7O/c1-29-11-8-22(9-12-29)30-13-15-31(16-14-30)25(33)7-4-20-3-2-10-32(18-20)24-17-23(26-19-27-24)28-21-5-6-21/h17,19-22H,2-16,18H2,1H3,(H,26,27,28). The van der Waals surface area contributed by atoms with E-state index in [-0.39, 0.29) is 0 Å². The maximum atomic E-state index is 12.9. The van der Waals surface area contributed by atoms with Crippen molar-refractivity contribution < 1.29 is 4.79 Å².